The Morgan fingerprint density at radius 3 is 2.48 bits per heavy atom. The summed E-state index contributed by atoms with van der Waals surface area (Å²) < 4.78 is 0. The summed E-state index contributed by atoms with van der Waals surface area (Å²) >= 11 is 0. The molecule has 0 radical (unpaired) electrons. The molecule has 4 rings (SSSR count). The number of carbonyl (C=O) groups is 2. The van der Waals surface area contributed by atoms with E-state index in [1.165, 1.54) is 18.1 Å². The lowest BCUT2D eigenvalue weighted by molar-refractivity contribution is -0.134. The first-order valence-corrected chi connectivity index (χ1v) is 10.9. The maximum atomic E-state index is 13.3. The Balaban J connectivity index is 1.53. The second-order valence-corrected chi connectivity index (χ2v) is 8.01. The fraction of sp³-hybridized carbons (Fsp3) is 0.320. The second-order valence-electron chi connectivity index (χ2n) is 8.01. The number of rotatable bonds is 6. The molecule has 1 aliphatic heterocycles. The summed E-state index contributed by atoms with van der Waals surface area (Å²) in [5, 5.41) is 0. The van der Waals surface area contributed by atoms with Gasteiger partial charge in [0, 0.05) is 26.2 Å². The van der Waals surface area contributed by atoms with Crippen molar-refractivity contribution in [3.8, 4) is 11.1 Å². The maximum absolute atomic E-state index is 13.3. The highest BCUT2D eigenvalue weighted by Gasteiger charge is 2.32. The molecule has 31 heavy (non-hydrogen) atoms. The van der Waals surface area contributed by atoms with Crippen LogP contribution in [-0.2, 0) is 11.2 Å². The number of aromatic nitrogens is 2. The number of aromatic amines is 1. The van der Waals surface area contributed by atoms with Crippen LogP contribution in [0, 0.1) is 5.92 Å². The average molecular weight is 417 g/mol. The van der Waals surface area contributed by atoms with E-state index in [0.717, 1.165) is 17.5 Å². The summed E-state index contributed by atoms with van der Waals surface area (Å²) in [6.45, 7) is 4.30. The minimum Gasteiger partial charge on any atom is -0.341 e. The summed E-state index contributed by atoms with van der Waals surface area (Å²) in [5.74, 6) is -0.231. The van der Waals surface area contributed by atoms with Gasteiger partial charge in [-0.1, -0.05) is 61.5 Å². The van der Waals surface area contributed by atoms with Crippen LogP contribution in [0.4, 0.5) is 0 Å². The Kier molecular flexibility index (Phi) is 6.46. The lowest BCUT2D eigenvalue weighted by atomic mass is 9.95. The number of H-pyrrole nitrogens is 1. The number of hydrogen-bond acceptors (Lipinski definition) is 3. The molecule has 1 N–H and O–H groups in total. The average Bonchev–Trinajstić information content (AvgIpc) is 3.30. The molecule has 1 aliphatic rings. The summed E-state index contributed by atoms with van der Waals surface area (Å²) in [4.78, 5) is 36.7. The molecule has 1 aromatic heterocycles. The highest BCUT2D eigenvalue weighted by Crippen LogP contribution is 2.22. The lowest BCUT2D eigenvalue weighted by Crippen LogP contribution is -2.38. The van der Waals surface area contributed by atoms with Crippen molar-refractivity contribution in [2.24, 2.45) is 5.92 Å². The molecule has 3 aromatic rings. The van der Waals surface area contributed by atoms with Crippen molar-refractivity contribution in [1.29, 1.82) is 0 Å². The lowest BCUT2D eigenvalue weighted by Gasteiger charge is -2.23. The van der Waals surface area contributed by atoms with Gasteiger partial charge in [0.2, 0.25) is 5.91 Å². The molecule has 6 nitrogen and oxygen atoms in total. The van der Waals surface area contributed by atoms with E-state index in [1.54, 1.807) is 4.90 Å². The number of benzene rings is 2. The van der Waals surface area contributed by atoms with E-state index < -0.39 is 0 Å². The van der Waals surface area contributed by atoms with Crippen LogP contribution in [0.3, 0.4) is 0 Å². The van der Waals surface area contributed by atoms with Crippen LogP contribution in [0.1, 0.15) is 29.4 Å². The molecule has 2 amide bonds. The van der Waals surface area contributed by atoms with Crippen LogP contribution in [0.25, 0.3) is 11.1 Å². The summed E-state index contributed by atoms with van der Waals surface area (Å²) in [7, 11) is 0. The van der Waals surface area contributed by atoms with Gasteiger partial charge in [-0.15, -0.1) is 0 Å². The molecule has 1 saturated heterocycles. The predicted molar refractivity (Wildman–Crippen MR) is 120 cm³/mol. The number of carbonyl (C=O) groups excluding carboxylic acids is 2. The molecule has 2 heterocycles. The van der Waals surface area contributed by atoms with Gasteiger partial charge in [-0.3, -0.25) is 9.59 Å². The van der Waals surface area contributed by atoms with E-state index in [1.807, 2.05) is 23.1 Å². The smallest absolute Gasteiger partial charge is 0.271 e. The first-order chi connectivity index (χ1) is 15.2. The van der Waals surface area contributed by atoms with Gasteiger partial charge in [0.1, 0.15) is 5.69 Å². The first kappa shape index (κ1) is 20.8. The molecule has 0 bridgehead atoms. The zero-order valence-corrected chi connectivity index (χ0v) is 17.8. The molecule has 6 heteroatoms. The number of amides is 2. The van der Waals surface area contributed by atoms with Crippen molar-refractivity contribution in [3.63, 3.8) is 0 Å². The van der Waals surface area contributed by atoms with E-state index in [0.29, 0.717) is 38.3 Å². The van der Waals surface area contributed by atoms with Gasteiger partial charge in [0.05, 0.1) is 18.4 Å². The third kappa shape index (κ3) is 4.85. The number of nitrogens with zero attached hydrogens (tertiary/aromatic N) is 3. The largest absolute Gasteiger partial charge is 0.341 e. The van der Waals surface area contributed by atoms with Crippen molar-refractivity contribution in [2.45, 2.75) is 19.8 Å². The van der Waals surface area contributed by atoms with Crippen molar-refractivity contribution >= 4 is 11.8 Å². The topological polar surface area (TPSA) is 69.3 Å². The summed E-state index contributed by atoms with van der Waals surface area (Å²) in [6, 6.07) is 18.6. The van der Waals surface area contributed by atoms with E-state index in [2.05, 4.69) is 53.3 Å². The molecular formula is C25H28N4O2. The number of nitrogens with one attached hydrogen (secondary N) is 1. The minimum atomic E-state index is -0.261. The molecule has 160 valence electrons. The Bertz CT molecular complexity index is 1000. The molecule has 2 aromatic carbocycles. The third-order valence-corrected chi connectivity index (χ3v) is 5.79. The fourth-order valence-electron chi connectivity index (χ4n) is 4.17. The molecule has 1 fully saturated rings. The van der Waals surface area contributed by atoms with E-state index in [4.69, 9.17) is 0 Å². The zero-order valence-electron chi connectivity index (χ0n) is 17.8. The van der Waals surface area contributed by atoms with Crippen LogP contribution in [0.5, 0.6) is 0 Å². The quantitative estimate of drug-likeness (QED) is 0.667. The minimum absolute atomic E-state index is 0.104. The summed E-state index contributed by atoms with van der Waals surface area (Å²) in [6.07, 6.45) is 4.56. The van der Waals surface area contributed by atoms with Crippen LogP contribution in [0.2, 0.25) is 0 Å². The normalized spacial score (nSPS) is 16.9. The predicted octanol–water partition coefficient (Wildman–Crippen LogP) is 3.63. The number of hydrogen-bond donors (Lipinski definition) is 1. The standard InChI is InChI=1S/C25H28N4O2/c1-2-12-28-13-14-29(25(31)23-16-26-18-27-23)17-22(24(28)30)15-19-8-10-21(11-9-19)20-6-4-3-5-7-20/h3-11,16,18,22H,2,12-15,17H2,1H3,(H,26,27). The van der Waals surface area contributed by atoms with E-state index >= 15 is 0 Å². The fourth-order valence-corrected chi connectivity index (χ4v) is 4.17. The highest BCUT2D eigenvalue weighted by atomic mass is 16.2. The number of imidazole rings is 1. The van der Waals surface area contributed by atoms with Crippen LogP contribution >= 0.6 is 0 Å². The Labute approximate surface area is 182 Å². The molecule has 1 unspecified atom stereocenters. The second kappa shape index (κ2) is 9.60. The summed E-state index contributed by atoms with van der Waals surface area (Å²) in [5.41, 5.74) is 3.89. The maximum Gasteiger partial charge on any atom is 0.271 e. The highest BCUT2D eigenvalue weighted by molar-refractivity contribution is 5.93. The van der Waals surface area contributed by atoms with Crippen molar-refractivity contribution in [2.75, 3.05) is 26.2 Å². The Morgan fingerprint density at radius 2 is 1.81 bits per heavy atom. The van der Waals surface area contributed by atoms with Gasteiger partial charge in [-0.2, -0.15) is 0 Å². The Morgan fingerprint density at radius 1 is 1.06 bits per heavy atom. The molecule has 0 saturated carbocycles. The molecular weight excluding hydrogens is 388 g/mol. The van der Waals surface area contributed by atoms with Crippen LogP contribution < -0.4 is 0 Å². The van der Waals surface area contributed by atoms with Gasteiger partial charge in [-0.25, -0.2) is 4.98 Å². The molecule has 0 spiro atoms. The van der Waals surface area contributed by atoms with Gasteiger partial charge in [-0.05, 0) is 29.5 Å². The van der Waals surface area contributed by atoms with Crippen molar-refractivity contribution in [1.82, 2.24) is 19.8 Å². The monoisotopic (exact) mass is 416 g/mol. The zero-order chi connectivity index (χ0) is 21.6. The first-order valence-electron chi connectivity index (χ1n) is 10.9. The van der Waals surface area contributed by atoms with Crippen molar-refractivity contribution in [3.05, 3.63) is 78.4 Å². The third-order valence-electron chi connectivity index (χ3n) is 5.79. The van der Waals surface area contributed by atoms with Crippen molar-refractivity contribution < 1.29 is 9.59 Å². The van der Waals surface area contributed by atoms with Gasteiger partial charge >= 0.3 is 0 Å². The molecule has 1 atom stereocenters. The van der Waals surface area contributed by atoms with Gasteiger partial charge in [0.25, 0.3) is 5.91 Å². The van der Waals surface area contributed by atoms with E-state index in [-0.39, 0.29) is 17.7 Å². The van der Waals surface area contributed by atoms with Crippen LogP contribution in [0.15, 0.2) is 67.1 Å². The van der Waals surface area contributed by atoms with Gasteiger partial charge in [0.15, 0.2) is 0 Å². The molecule has 0 aliphatic carbocycles. The van der Waals surface area contributed by atoms with Gasteiger partial charge < -0.3 is 14.8 Å². The Hall–Kier alpha value is -3.41. The van der Waals surface area contributed by atoms with Crippen LogP contribution in [-0.4, -0.2) is 57.8 Å². The SMILES string of the molecule is CCCN1CCN(C(=O)c2cnc[nH]2)CC(Cc2ccc(-c3ccccc3)cc2)C1=O. The van der Waals surface area contributed by atoms with E-state index in [9.17, 15) is 9.59 Å².